The molecule has 30 heavy (non-hydrogen) atoms. The second-order valence-electron chi connectivity index (χ2n) is 7.34. The molecule has 0 radical (unpaired) electrons. The summed E-state index contributed by atoms with van der Waals surface area (Å²) in [6.45, 7) is 0.166. The van der Waals surface area contributed by atoms with Gasteiger partial charge in [0.05, 0.1) is 11.5 Å². The van der Waals surface area contributed by atoms with E-state index in [1.54, 1.807) is 30.4 Å². The van der Waals surface area contributed by atoms with Crippen molar-refractivity contribution in [3.63, 3.8) is 0 Å². The molecule has 1 aliphatic rings. The van der Waals surface area contributed by atoms with Gasteiger partial charge in [-0.1, -0.05) is 12.2 Å². The summed E-state index contributed by atoms with van der Waals surface area (Å²) in [7, 11) is 0. The molecule has 4 N–H and O–H groups in total. The number of nitro benzene ring substituents is 1. The number of nitrogens with two attached hydrogens (primary N) is 1. The highest BCUT2D eigenvalue weighted by atomic mass is 16.6. The van der Waals surface area contributed by atoms with Crippen molar-refractivity contribution in [1.29, 1.82) is 0 Å². The van der Waals surface area contributed by atoms with E-state index in [0.29, 0.717) is 5.56 Å². The molecule has 1 aliphatic carbocycles. The maximum atomic E-state index is 12.4. The average Bonchev–Trinajstić information content (AvgIpc) is 3.10. The molecule has 0 saturated carbocycles. The van der Waals surface area contributed by atoms with Crippen LogP contribution in [0.1, 0.15) is 33.6 Å². The molecule has 154 valence electrons. The summed E-state index contributed by atoms with van der Waals surface area (Å²) >= 11 is 0. The Labute approximate surface area is 172 Å². The Morgan fingerprint density at radius 2 is 2.10 bits per heavy atom. The van der Waals surface area contributed by atoms with Gasteiger partial charge in [-0.25, -0.2) is 5.48 Å². The third-order valence-electron chi connectivity index (χ3n) is 5.25. The van der Waals surface area contributed by atoms with Crippen molar-refractivity contribution in [2.24, 2.45) is 5.73 Å². The molecule has 8 nitrogen and oxygen atoms in total. The largest absolute Gasteiger partial charge is 0.358 e. The first-order valence-corrected chi connectivity index (χ1v) is 9.73. The Hall–Kier alpha value is -3.49. The van der Waals surface area contributed by atoms with Crippen LogP contribution in [0.5, 0.6) is 0 Å². The molecule has 0 spiro atoms. The number of rotatable bonds is 6. The number of aryl methyl sites for hydroxylation is 1. The van der Waals surface area contributed by atoms with Crippen LogP contribution in [0.3, 0.4) is 0 Å². The molecule has 0 aliphatic heterocycles. The smallest absolute Gasteiger partial charge is 0.274 e. The first-order valence-electron chi connectivity index (χ1n) is 9.73. The topological polar surface area (TPSA) is 123 Å². The molecule has 1 unspecified atom stereocenters. The van der Waals surface area contributed by atoms with Crippen LogP contribution in [0, 0.1) is 10.1 Å². The summed E-state index contributed by atoms with van der Waals surface area (Å²) < 4.78 is 0. The van der Waals surface area contributed by atoms with Crippen molar-refractivity contribution in [3.05, 3.63) is 81.0 Å². The number of fused-ring (bicyclic) bond motifs is 3. The fourth-order valence-corrected chi connectivity index (χ4v) is 3.69. The Bertz CT molecular complexity index is 1120. The monoisotopic (exact) mass is 406 g/mol. The van der Waals surface area contributed by atoms with Gasteiger partial charge in [-0.2, -0.15) is 0 Å². The van der Waals surface area contributed by atoms with E-state index in [-0.39, 0.29) is 24.2 Å². The number of nitrogens with one attached hydrogen (secondary N) is 2. The predicted octanol–water partition coefficient (Wildman–Crippen LogP) is 3.27. The minimum atomic E-state index is -0.443. The lowest BCUT2D eigenvalue weighted by molar-refractivity contribution is -0.384. The number of H-pyrrole nitrogens is 1. The molecule has 1 atom stereocenters. The van der Waals surface area contributed by atoms with Crippen LogP contribution in [0.4, 0.5) is 5.69 Å². The summed E-state index contributed by atoms with van der Waals surface area (Å²) in [6.07, 6.45) is 6.18. The van der Waals surface area contributed by atoms with Gasteiger partial charge >= 0.3 is 0 Å². The zero-order chi connectivity index (χ0) is 21.1. The van der Waals surface area contributed by atoms with Gasteiger partial charge in [0.15, 0.2) is 0 Å². The van der Waals surface area contributed by atoms with Crippen LogP contribution in [0.25, 0.3) is 17.0 Å². The average molecular weight is 406 g/mol. The van der Waals surface area contributed by atoms with E-state index < -0.39 is 4.92 Å². The van der Waals surface area contributed by atoms with E-state index in [4.69, 9.17) is 10.6 Å². The molecular formula is C22H22N4O4. The molecule has 0 fully saturated rings. The van der Waals surface area contributed by atoms with E-state index in [2.05, 4.69) is 10.5 Å². The lowest BCUT2D eigenvalue weighted by Crippen LogP contribution is -2.27. The second kappa shape index (κ2) is 8.48. The number of nitrogens with zero attached hydrogens (tertiary/aromatic N) is 1. The summed E-state index contributed by atoms with van der Waals surface area (Å²) in [6, 6.07) is 11.8. The number of aromatic nitrogens is 1. The van der Waals surface area contributed by atoms with Crippen molar-refractivity contribution in [1.82, 2.24) is 10.5 Å². The number of hydroxylamine groups is 1. The SMILES string of the molecule is NC1CCc2[nH]c3ccc(C(=O)NOC/C=C/c4ccc([N+](=O)[O-])cc4)cc3c2C1. The third kappa shape index (κ3) is 4.24. The number of aromatic amines is 1. The maximum Gasteiger partial charge on any atom is 0.274 e. The van der Waals surface area contributed by atoms with Gasteiger partial charge in [-0.15, -0.1) is 0 Å². The molecule has 0 bridgehead atoms. The van der Waals surface area contributed by atoms with E-state index in [0.717, 1.165) is 35.7 Å². The normalized spacial score (nSPS) is 16.0. The molecule has 1 aromatic heterocycles. The highest BCUT2D eigenvalue weighted by Gasteiger charge is 2.20. The quantitative estimate of drug-likeness (QED) is 0.329. The minimum absolute atomic E-state index is 0.0401. The number of carbonyl (C=O) groups excluding carboxylic acids is 1. The van der Waals surface area contributed by atoms with Gasteiger partial charge in [0.1, 0.15) is 0 Å². The van der Waals surface area contributed by atoms with Crippen molar-refractivity contribution in [3.8, 4) is 0 Å². The van der Waals surface area contributed by atoms with Gasteiger partial charge in [-0.05, 0) is 60.7 Å². The number of nitro groups is 1. The lowest BCUT2D eigenvalue weighted by atomic mass is 9.92. The van der Waals surface area contributed by atoms with E-state index in [1.165, 1.54) is 23.4 Å². The highest BCUT2D eigenvalue weighted by molar-refractivity contribution is 5.98. The molecule has 3 aromatic rings. The van der Waals surface area contributed by atoms with Crippen LogP contribution in [-0.2, 0) is 17.7 Å². The highest BCUT2D eigenvalue weighted by Crippen LogP contribution is 2.29. The van der Waals surface area contributed by atoms with Crippen molar-refractivity contribution in [2.75, 3.05) is 6.61 Å². The summed E-state index contributed by atoms with van der Waals surface area (Å²) in [4.78, 5) is 31.3. The van der Waals surface area contributed by atoms with Gasteiger partial charge in [0.25, 0.3) is 11.6 Å². The van der Waals surface area contributed by atoms with Crippen molar-refractivity contribution >= 4 is 28.6 Å². The van der Waals surface area contributed by atoms with Crippen LogP contribution >= 0.6 is 0 Å². The summed E-state index contributed by atoms with van der Waals surface area (Å²) in [5.41, 5.74) is 13.3. The number of hydrogen-bond donors (Lipinski definition) is 3. The van der Waals surface area contributed by atoms with E-state index in [1.807, 2.05) is 12.1 Å². The number of benzene rings is 2. The first-order chi connectivity index (χ1) is 14.5. The second-order valence-corrected chi connectivity index (χ2v) is 7.34. The molecule has 2 aromatic carbocycles. The minimum Gasteiger partial charge on any atom is -0.358 e. The van der Waals surface area contributed by atoms with Crippen LogP contribution in [-0.4, -0.2) is 28.5 Å². The predicted molar refractivity (Wildman–Crippen MR) is 114 cm³/mol. The lowest BCUT2D eigenvalue weighted by Gasteiger charge is -2.18. The molecular weight excluding hydrogens is 384 g/mol. The summed E-state index contributed by atoms with van der Waals surface area (Å²) in [5, 5.41) is 11.7. The third-order valence-corrected chi connectivity index (χ3v) is 5.25. The molecule has 4 rings (SSSR count). The van der Waals surface area contributed by atoms with Gasteiger partial charge in [0, 0.05) is 40.3 Å². The molecule has 1 amide bonds. The van der Waals surface area contributed by atoms with Gasteiger partial charge in [0.2, 0.25) is 0 Å². The van der Waals surface area contributed by atoms with Crippen molar-refractivity contribution < 1.29 is 14.6 Å². The number of amides is 1. The molecule has 1 heterocycles. The van der Waals surface area contributed by atoms with Gasteiger partial charge < -0.3 is 10.7 Å². The number of carbonyl (C=O) groups is 1. The molecule has 8 heteroatoms. The molecule has 0 saturated heterocycles. The van der Waals surface area contributed by atoms with E-state index in [9.17, 15) is 14.9 Å². The van der Waals surface area contributed by atoms with Crippen LogP contribution in [0.15, 0.2) is 48.5 Å². The van der Waals surface area contributed by atoms with Crippen molar-refractivity contribution in [2.45, 2.75) is 25.3 Å². The first kappa shape index (κ1) is 19.8. The summed E-state index contributed by atoms with van der Waals surface area (Å²) in [5.74, 6) is -0.323. The van der Waals surface area contributed by atoms with Gasteiger partial charge in [-0.3, -0.25) is 19.7 Å². The van der Waals surface area contributed by atoms with Crippen LogP contribution < -0.4 is 11.2 Å². The zero-order valence-electron chi connectivity index (χ0n) is 16.3. The fraction of sp³-hybridized carbons (Fsp3) is 0.227. The number of non-ortho nitro benzene ring substituents is 1. The van der Waals surface area contributed by atoms with Crippen LogP contribution in [0.2, 0.25) is 0 Å². The Morgan fingerprint density at radius 1 is 1.30 bits per heavy atom. The van der Waals surface area contributed by atoms with E-state index >= 15 is 0 Å². The fourth-order valence-electron chi connectivity index (χ4n) is 3.69. The Kier molecular flexibility index (Phi) is 5.60. The maximum absolute atomic E-state index is 12.4. The Balaban J connectivity index is 1.34. The Morgan fingerprint density at radius 3 is 2.87 bits per heavy atom. The number of hydrogen-bond acceptors (Lipinski definition) is 5. The zero-order valence-corrected chi connectivity index (χ0v) is 16.3. The standard InChI is InChI=1S/C22H22N4O4/c23-16-6-10-21-19(13-16)18-12-15(5-9-20(18)24-21)22(27)25-30-11-1-2-14-3-7-17(8-4-14)26(28)29/h1-5,7-9,12,16,24H,6,10-11,13,23H2,(H,25,27)/b2-1+.